The second-order valence-electron chi connectivity index (χ2n) is 15.9. The van der Waals surface area contributed by atoms with Gasteiger partial charge in [-0.1, -0.05) is 140 Å². The Morgan fingerprint density at radius 3 is 1.61 bits per heavy atom. The van der Waals surface area contributed by atoms with Gasteiger partial charge in [-0.15, -0.1) is 0 Å². The van der Waals surface area contributed by atoms with Gasteiger partial charge >= 0.3 is 0 Å². The highest BCUT2D eigenvalue weighted by Crippen LogP contribution is 2.30. The van der Waals surface area contributed by atoms with Crippen LogP contribution in [0.15, 0.2) is 24.3 Å². The molecule has 57 heavy (non-hydrogen) atoms. The number of hydrogen-bond acceptors (Lipinski definition) is 13. The third-order valence-electron chi connectivity index (χ3n) is 10.9. The molecule has 14 heteroatoms. The highest BCUT2D eigenvalue weighted by atomic mass is 16.7. The first kappa shape index (κ1) is 51.6. The van der Waals surface area contributed by atoms with Crippen molar-refractivity contribution in [2.45, 2.75) is 222 Å². The molecule has 0 bridgehead atoms. The number of ether oxygens (including phenoxy) is 4. The maximum atomic E-state index is 11.9. The number of unbranched alkanes of at least 4 members (excludes halogenated alkanes) is 19. The van der Waals surface area contributed by atoms with E-state index < -0.39 is 92.7 Å². The van der Waals surface area contributed by atoms with Crippen molar-refractivity contribution in [2.24, 2.45) is 0 Å². The maximum absolute atomic E-state index is 11.9. The minimum absolute atomic E-state index is 0.324. The van der Waals surface area contributed by atoms with Gasteiger partial charge in [0.2, 0.25) is 5.91 Å². The van der Waals surface area contributed by atoms with E-state index in [1.165, 1.54) is 122 Å². The molecule has 2 saturated heterocycles. The van der Waals surface area contributed by atoms with Gasteiger partial charge in [-0.05, 0) is 25.7 Å². The summed E-state index contributed by atoms with van der Waals surface area (Å²) in [4.78, 5) is 11.9. The van der Waals surface area contributed by atoms with E-state index in [2.05, 4.69) is 24.4 Å². The molecule has 12 unspecified atom stereocenters. The van der Waals surface area contributed by atoms with Crippen molar-refractivity contribution in [3.05, 3.63) is 24.3 Å². The summed E-state index contributed by atoms with van der Waals surface area (Å²) in [7, 11) is 0. The van der Waals surface area contributed by atoms with Crippen LogP contribution in [0.5, 0.6) is 0 Å². The molecule has 1 amide bonds. The van der Waals surface area contributed by atoms with Crippen molar-refractivity contribution < 1.29 is 64.6 Å². The molecule has 0 aromatic rings. The fraction of sp³-hybridized carbons (Fsp3) is 0.884. The Hall–Kier alpha value is -1.53. The molecule has 2 fully saturated rings. The molecule has 0 saturated carbocycles. The monoisotopic (exact) mass is 818 g/mol. The zero-order valence-corrected chi connectivity index (χ0v) is 34.8. The van der Waals surface area contributed by atoms with E-state index in [-0.39, 0.29) is 6.61 Å². The standard InChI is InChI=1S/C43H79NO13/c1-3-4-5-6-7-8-9-10-11-12-13-14-15-16-17-18-19-20-21-22-23-24-25-26-27-33(48)32(44-31(2)47)30-54-42-40(53)38(51)41(35(29-46)56-42)57-43-39(52)37(50)36(49)34(28-45)55-43/h22-23,26-27,32-43,45-46,48-53H,3-21,24-25,28-30H2,1-2H3,(H,44,47)/b23-22+,27-26+. The molecule has 2 aliphatic rings. The van der Waals surface area contributed by atoms with Gasteiger partial charge < -0.3 is 65.1 Å². The Morgan fingerprint density at radius 2 is 1.09 bits per heavy atom. The minimum Gasteiger partial charge on any atom is -0.394 e. The van der Waals surface area contributed by atoms with Gasteiger partial charge in [0.05, 0.1) is 32.0 Å². The third-order valence-corrected chi connectivity index (χ3v) is 10.9. The number of carbonyl (C=O) groups is 1. The largest absolute Gasteiger partial charge is 0.394 e. The molecule has 2 heterocycles. The molecule has 14 nitrogen and oxygen atoms in total. The maximum Gasteiger partial charge on any atom is 0.217 e. The fourth-order valence-corrected chi connectivity index (χ4v) is 7.34. The number of allylic oxidation sites excluding steroid dienone is 3. The van der Waals surface area contributed by atoms with Gasteiger partial charge in [0, 0.05) is 6.92 Å². The highest BCUT2D eigenvalue weighted by Gasteiger charge is 2.50. The minimum atomic E-state index is -1.78. The van der Waals surface area contributed by atoms with Crippen molar-refractivity contribution >= 4 is 5.91 Å². The van der Waals surface area contributed by atoms with Crippen molar-refractivity contribution in [2.75, 3.05) is 19.8 Å². The molecule has 0 aromatic carbocycles. The van der Waals surface area contributed by atoms with Crippen LogP contribution < -0.4 is 5.32 Å². The zero-order chi connectivity index (χ0) is 41.8. The number of aliphatic hydroxyl groups is 8. The summed E-state index contributed by atoms with van der Waals surface area (Å²) in [6, 6.07) is -0.928. The van der Waals surface area contributed by atoms with Crippen LogP contribution in [-0.4, -0.2) is 140 Å². The van der Waals surface area contributed by atoms with Crippen LogP contribution in [0.25, 0.3) is 0 Å². The van der Waals surface area contributed by atoms with Crippen LogP contribution in [0, 0.1) is 0 Å². The Morgan fingerprint density at radius 1 is 0.614 bits per heavy atom. The molecule has 0 radical (unpaired) electrons. The average Bonchev–Trinajstić information content (AvgIpc) is 3.20. The van der Waals surface area contributed by atoms with E-state index in [0.717, 1.165) is 12.8 Å². The van der Waals surface area contributed by atoms with Crippen LogP contribution in [0.4, 0.5) is 0 Å². The van der Waals surface area contributed by atoms with Gasteiger partial charge in [-0.25, -0.2) is 0 Å². The quantitative estimate of drug-likeness (QED) is 0.0348. The van der Waals surface area contributed by atoms with Crippen molar-refractivity contribution in [1.29, 1.82) is 0 Å². The topological polar surface area (TPSA) is 228 Å². The van der Waals surface area contributed by atoms with E-state index in [1.807, 2.05) is 6.08 Å². The molecule has 2 aliphatic heterocycles. The molecular weight excluding hydrogens is 738 g/mol. The van der Waals surface area contributed by atoms with E-state index in [1.54, 1.807) is 6.08 Å². The van der Waals surface area contributed by atoms with E-state index in [9.17, 15) is 45.6 Å². The predicted molar refractivity (Wildman–Crippen MR) is 217 cm³/mol. The smallest absolute Gasteiger partial charge is 0.217 e. The van der Waals surface area contributed by atoms with Gasteiger partial charge in [0.15, 0.2) is 12.6 Å². The summed E-state index contributed by atoms with van der Waals surface area (Å²) in [5.41, 5.74) is 0. The van der Waals surface area contributed by atoms with E-state index in [4.69, 9.17) is 18.9 Å². The van der Waals surface area contributed by atoms with Gasteiger partial charge in [0.1, 0.15) is 48.8 Å². The lowest BCUT2D eigenvalue weighted by molar-refractivity contribution is -0.359. The van der Waals surface area contributed by atoms with Crippen LogP contribution in [0.2, 0.25) is 0 Å². The lowest BCUT2D eigenvalue weighted by Gasteiger charge is -2.46. The summed E-state index contributed by atoms with van der Waals surface area (Å²) in [5, 5.41) is 84.9. The average molecular weight is 818 g/mol. The molecule has 0 spiro atoms. The summed E-state index contributed by atoms with van der Waals surface area (Å²) in [6.07, 6.45) is 17.8. The third kappa shape index (κ3) is 20.5. The normalized spacial score (nSPS) is 29.3. The molecule has 0 aliphatic carbocycles. The molecule has 12 atom stereocenters. The van der Waals surface area contributed by atoms with Gasteiger partial charge in [-0.2, -0.15) is 0 Å². The second-order valence-corrected chi connectivity index (χ2v) is 15.9. The molecule has 9 N–H and O–H groups in total. The first-order valence-corrected chi connectivity index (χ1v) is 22.0. The molecule has 334 valence electrons. The molecule has 0 aromatic heterocycles. The lowest BCUT2D eigenvalue weighted by Crippen LogP contribution is -2.65. The number of hydrogen-bond donors (Lipinski definition) is 9. The van der Waals surface area contributed by atoms with Gasteiger partial charge in [0.25, 0.3) is 0 Å². The second kappa shape index (κ2) is 31.4. The van der Waals surface area contributed by atoms with Gasteiger partial charge in [-0.3, -0.25) is 4.79 Å². The van der Waals surface area contributed by atoms with Crippen molar-refractivity contribution in [3.63, 3.8) is 0 Å². The zero-order valence-electron chi connectivity index (χ0n) is 34.8. The van der Waals surface area contributed by atoms with Crippen LogP contribution in [0.3, 0.4) is 0 Å². The summed E-state index contributed by atoms with van der Waals surface area (Å²) < 4.78 is 22.2. The summed E-state index contributed by atoms with van der Waals surface area (Å²) >= 11 is 0. The first-order valence-electron chi connectivity index (χ1n) is 22.0. The molecular formula is C43H79NO13. The summed E-state index contributed by atoms with van der Waals surface area (Å²) in [5.74, 6) is -0.426. The van der Waals surface area contributed by atoms with E-state index >= 15 is 0 Å². The number of rotatable bonds is 32. The van der Waals surface area contributed by atoms with E-state index in [0.29, 0.717) is 6.42 Å². The van der Waals surface area contributed by atoms with Crippen LogP contribution in [-0.2, 0) is 23.7 Å². The number of amides is 1. The highest BCUT2D eigenvalue weighted by molar-refractivity contribution is 5.73. The SMILES string of the molecule is CCCCCCCCCCCCCCCCCCCC/C=C/CC/C=C/C(O)C(COC1OC(CO)C(OC2OC(CO)C(O)C(O)C2O)C(O)C1O)NC(C)=O. The number of nitrogens with one attached hydrogen (secondary N) is 1. The van der Waals surface area contributed by atoms with Crippen LogP contribution in [0.1, 0.15) is 149 Å². The van der Waals surface area contributed by atoms with Crippen molar-refractivity contribution in [3.8, 4) is 0 Å². The first-order chi connectivity index (χ1) is 27.5. The van der Waals surface area contributed by atoms with Crippen molar-refractivity contribution in [1.82, 2.24) is 5.32 Å². The Bertz CT molecular complexity index is 1060. The summed E-state index contributed by atoms with van der Waals surface area (Å²) in [6.45, 7) is 1.81. The lowest BCUT2D eigenvalue weighted by atomic mass is 9.97. The number of aliphatic hydroxyl groups excluding tert-OH is 8. The Labute approximate surface area is 341 Å². The Balaban J connectivity index is 1.60. The number of carbonyl (C=O) groups excluding carboxylic acids is 1. The fourth-order valence-electron chi connectivity index (χ4n) is 7.34. The van der Waals surface area contributed by atoms with Crippen LogP contribution >= 0.6 is 0 Å². The molecule has 2 rings (SSSR count). The predicted octanol–water partition coefficient (Wildman–Crippen LogP) is 3.82. The Kier molecular flexibility index (Phi) is 28.4.